The lowest BCUT2D eigenvalue weighted by atomic mass is 10.1. The lowest BCUT2D eigenvalue weighted by Gasteiger charge is -2.15. The van der Waals surface area contributed by atoms with E-state index in [2.05, 4.69) is 55.4 Å². The number of hydrogen-bond acceptors (Lipinski definition) is 25. The summed E-state index contributed by atoms with van der Waals surface area (Å²) in [4.78, 5) is 11.9. The number of rotatable bonds is 21. The molecule has 2 heterocycles. The second-order valence-electron chi connectivity index (χ2n) is 14.4. The Labute approximate surface area is 405 Å². The van der Waals surface area contributed by atoms with Crippen LogP contribution in [-0.2, 0) is 60.0 Å². The van der Waals surface area contributed by atoms with E-state index in [0.717, 1.165) is 23.1 Å². The number of benzene rings is 5. The highest BCUT2D eigenvalue weighted by Crippen LogP contribution is 2.37. The predicted octanol–water partition coefficient (Wildman–Crippen LogP) is 6.20. The molecular weight excluding hydrogens is 1070 g/mol. The smallest absolute Gasteiger partial charge is 0.296 e. The summed E-state index contributed by atoms with van der Waals surface area (Å²) in [5.41, 5.74) is 0.482. The van der Waals surface area contributed by atoms with Gasteiger partial charge in [-0.05, 0) is 90.7 Å². The van der Waals surface area contributed by atoms with Gasteiger partial charge in [0.25, 0.3) is 50.6 Å². The summed E-state index contributed by atoms with van der Waals surface area (Å²) < 4.78 is 177. The van der Waals surface area contributed by atoms with Crippen LogP contribution in [0.1, 0.15) is 6.42 Å². The maximum atomic E-state index is 12.1. The number of aromatic nitrogens is 3. The predicted molar refractivity (Wildman–Crippen MR) is 247 cm³/mol. The van der Waals surface area contributed by atoms with Gasteiger partial charge in [0.05, 0.1) is 58.6 Å². The molecule has 1 saturated heterocycles. The molecule has 1 aliphatic heterocycles. The quantitative estimate of drug-likeness (QED) is 0.00756. The number of anilines is 5. The van der Waals surface area contributed by atoms with Crippen LogP contribution in [0.2, 0.25) is 0 Å². The van der Waals surface area contributed by atoms with E-state index < -0.39 is 76.4 Å². The van der Waals surface area contributed by atoms with E-state index in [0.29, 0.717) is 23.8 Å². The fourth-order valence-electron chi connectivity index (χ4n) is 6.11. The monoisotopic (exact) mass is 1100 g/mol. The molecular formula is C36H32N10O19S6. The van der Waals surface area contributed by atoms with E-state index in [4.69, 9.17) is 9.99 Å². The van der Waals surface area contributed by atoms with Crippen molar-refractivity contribution in [3.05, 3.63) is 91.0 Å². The Kier molecular flexibility index (Phi) is 15.3. The Hall–Kier alpha value is -6.45. The van der Waals surface area contributed by atoms with E-state index in [-0.39, 0.29) is 87.3 Å². The van der Waals surface area contributed by atoms with Crippen LogP contribution < -0.4 is 20.3 Å². The molecule has 0 radical (unpaired) electrons. The average Bonchev–Trinajstić information content (AvgIpc) is 4.11. The Bertz CT molecular complexity index is 3690. The molecule has 1 unspecified atom stereocenters. The van der Waals surface area contributed by atoms with Crippen LogP contribution >= 0.6 is 12.0 Å². The number of azo groups is 2. The van der Waals surface area contributed by atoms with Gasteiger partial charge in [0.15, 0.2) is 5.37 Å². The Morgan fingerprint density at radius 1 is 0.662 bits per heavy atom. The molecule has 8 N–H and O–H groups in total. The van der Waals surface area contributed by atoms with Crippen molar-refractivity contribution in [3.8, 4) is 5.75 Å². The van der Waals surface area contributed by atoms with Crippen molar-refractivity contribution >= 4 is 125 Å². The van der Waals surface area contributed by atoms with Crippen molar-refractivity contribution in [2.45, 2.75) is 31.4 Å². The molecule has 376 valence electrons. The maximum absolute atomic E-state index is 12.1. The summed E-state index contributed by atoms with van der Waals surface area (Å²) in [6.45, 7) is -0.497. The molecule has 5 aromatic carbocycles. The van der Waals surface area contributed by atoms with Crippen molar-refractivity contribution < 1.29 is 84.2 Å². The van der Waals surface area contributed by atoms with Crippen molar-refractivity contribution in [1.82, 2.24) is 15.0 Å². The molecule has 1 aliphatic rings. The molecule has 35 heteroatoms. The van der Waals surface area contributed by atoms with Gasteiger partial charge in [-0.2, -0.15) is 72.4 Å². The summed E-state index contributed by atoms with van der Waals surface area (Å²) in [5.74, 6) is -1.37. The first-order valence-electron chi connectivity index (χ1n) is 19.2. The van der Waals surface area contributed by atoms with Gasteiger partial charge in [-0.15, -0.1) is 9.45 Å². The molecule has 0 aliphatic carbocycles. The molecule has 0 amide bonds. The first-order valence-corrected chi connectivity index (χ1v) is 27.4. The van der Waals surface area contributed by atoms with E-state index in [1.54, 1.807) is 0 Å². The summed E-state index contributed by atoms with van der Waals surface area (Å²) in [6, 6.07) is 18.9. The van der Waals surface area contributed by atoms with E-state index in [9.17, 15) is 64.9 Å². The molecule has 1 aromatic heterocycles. The lowest BCUT2D eigenvalue weighted by Crippen LogP contribution is -2.15. The highest BCUT2D eigenvalue weighted by Gasteiger charge is 2.46. The molecule has 1 atom stereocenters. The summed E-state index contributed by atoms with van der Waals surface area (Å²) in [7, 11) is -23.6. The van der Waals surface area contributed by atoms with Crippen molar-refractivity contribution in [2.75, 3.05) is 34.4 Å². The Balaban J connectivity index is 1.16. The zero-order valence-corrected chi connectivity index (χ0v) is 40.0. The number of fused-ring (bicyclic) bond motifs is 1. The van der Waals surface area contributed by atoms with Crippen molar-refractivity contribution in [1.29, 1.82) is 0 Å². The fourth-order valence-corrected chi connectivity index (χ4v) is 9.84. The number of hydrogen-bond donors (Lipinski definition) is 8. The third-order valence-electron chi connectivity index (χ3n) is 9.30. The number of nitrogens with one attached hydrogen (secondary N) is 2. The first kappa shape index (κ1) is 52.4. The molecule has 0 spiro atoms. The van der Waals surface area contributed by atoms with E-state index in [1.807, 2.05) is 0 Å². The van der Waals surface area contributed by atoms with Crippen LogP contribution in [0, 0.1) is 0 Å². The largest absolute Gasteiger partial charge is 0.491 e. The van der Waals surface area contributed by atoms with Crippen LogP contribution in [0.15, 0.2) is 131 Å². The van der Waals surface area contributed by atoms with Gasteiger partial charge in [0.1, 0.15) is 21.2 Å². The minimum Gasteiger partial charge on any atom is -0.491 e. The third-order valence-corrected chi connectivity index (χ3v) is 14.4. The highest BCUT2D eigenvalue weighted by atomic mass is 32.2. The topological polar surface area (TPSA) is 435 Å². The fraction of sp³-hybridized carbons (Fsp3) is 0.139. The molecule has 0 bridgehead atoms. The van der Waals surface area contributed by atoms with Crippen molar-refractivity contribution in [3.63, 3.8) is 0 Å². The SMILES string of the molecule is O=S(=O)(O)CCCOc1cc(N=Nc2ccc(SOOO)cc2S(=O)(=O)O)ccc1Nc1nc(Nc2ccc(N=Nc3ccc4c(S(=O)(=O)O)cc(S(=O)(=O)O)cc4c3)cc2)nc(N2CC2S(=O)(=O)O)n1. The van der Waals surface area contributed by atoms with Crippen LogP contribution in [0.3, 0.4) is 0 Å². The van der Waals surface area contributed by atoms with Gasteiger partial charge in [-0.3, -0.25) is 22.8 Å². The average molecular weight is 1100 g/mol. The number of nitrogens with zero attached hydrogens (tertiary/aromatic N) is 8. The Morgan fingerprint density at radius 3 is 1.93 bits per heavy atom. The van der Waals surface area contributed by atoms with Gasteiger partial charge in [-0.1, -0.05) is 11.1 Å². The van der Waals surface area contributed by atoms with Gasteiger partial charge < -0.3 is 20.3 Å². The number of ether oxygens (including phenoxy) is 1. The molecule has 1 fully saturated rings. The minimum atomic E-state index is -4.91. The van der Waals surface area contributed by atoms with Crippen LogP contribution in [0.25, 0.3) is 10.8 Å². The van der Waals surface area contributed by atoms with Crippen LogP contribution in [0.5, 0.6) is 5.75 Å². The second kappa shape index (κ2) is 20.7. The Morgan fingerprint density at radius 2 is 1.30 bits per heavy atom. The third kappa shape index (κ3) is 14.1. The van der Waals surface area contributed by atoms with Gasteiger partial charge in [0.2, 0.25) is 17.8 Å². The van der Waals surface area contributed by atoms with Crippen LogP contribution in [0.4, 0.5) is 52.0 Å². The molecule has 0 saturated carbocycles. The van der Waals surface area contributed by atoms with Crippen molar-refractivity contribution in [2.24, 2.45) is 20.5 Å². The molecule has 71 heavy (non-hydrogen) atoms. The van der Waals surface area contributed by atoms with E-state index in [1.165, 1.54) is 66.7 Å². The standard InChI is InChI=1S/C36H32N10O19S6/c47-64-65-66-25-8-11-29(32(17-25)70(57,58)59)45-44-24-7-10-28(30(16-24)63-12-1-13-67(48,49)50)38-35-39-34(40-36(41-35)46-19-33(46)71(60,61)62)37-21-2-4-22(5-3-21)42-43-23-6-9-27-20(14-23)15-26(68(51,52)53)18-31(27)69(54,55)56/h2-11,14-18,33,47H,1,12-13,19H2,(H,48,49,50)(H,51,52,53)(H,54,55,56)(H,57,58,59)(H,60,61,62)(H2,37,38,39,40,41). The molecule has 6 aromatic rings. The molecule has 29 nitrogen and oxygen atoms in total. The first-order chi connectivity index (χ1) is 33.2. The van der Waals surface area contributed by atoms with Gasteiger partial charge in [0, 0.05) is 22.0 Å². The summed E-state index contributed by atoms with van der Waals surface area (Å²) >= 11 is 0.405. The zero-order chi connectivity index (χ0) is 51.5. The van der Waals surface area contributed by atoms with Gasteiger partial charge >= 0.3 is 0 Å². The second-order valence-corrected chi connectivity index (χ2v) is 22.5. The van der Waals surface area contributed by atoms with Crippen LogP contribution in [-0.4, -0.2) is 109 Å². The minimum absolute atomic E-state index is 0.0136. The highest BCUT2D eigenvalue weighted by molar-refractivity contribution is 7.94. The summed E-state index contributed by atoms with van der Waals surface area (Å²) in [6.07, 6.45) is -0.197. The summed E-state index contributed by atoms with van der Waals surface area (Å²) in [5, 5.41) is 32.4. The maximum Gasteiger partial charge on any atom is 0.296 e. The van der Waals surface area contributed by atoms with E-state index >= 15 is 0 Å². The zero-order valence-electron chi connectivity index (χ0n) is 35.1. The lowest BCUT2D eigenvalue weighted by molar-refractivity contribution is -0.432. The molecule has 7 rings (SSSR count). The van der Waals surface area contributed by atoms with Gasteiger partial charge in [-0.25, -0.2) is 5.26 Å². The normalized spacial score (nSPS) is 14.6.